The summed E-state index contributed by atoms with van der Waals surface area (Å²) in [5, 5.41) is 8.18. The van der Waals surface area contributed by atoms with Crippen LogP contribution < -0.4 is 5.32 Å². The van der Waals surface area contributed by atoms with E-state index >= 15 is 0 Å². The van der Waals surface area contributed by atoms with Gasteiger partial charge in [0.1, 0.15) is 18.3 Å². The summed E-state index contributed by atoms with van der Waals surface area (Å²) in [5.41, 5.74) is 3.88. The molecule has 5 rings (SSSR count). The number of aromatic nitrogens is 3. The smallest absolute Gasteiger partial charge is 0.245 e. The number of fused-ring (bicyclic) bond motifs is 2. The number of Topliss-reactive ketones (excluding diaryl/α,β-unsaturated/α-hetero) is 1. The van der Waals surface area contributed by atoms with Gasteiger partial charge in [0.15, 0.2) is 5.78 Å². The second-order valence-corrected chi connectivity index (χ2v) is 10.2. The first-order valence-corrected chi connectivity index (χ1v) is 12.3. The minimum absolute atomic E-state index is 0.0115. The van der Waals surface area contributed by atoms with Crippen LogP contribution in [0, 0.1) is 12.3 Å². The van der Waals surface area contributed by atoms with Crippen molar-refractivity contribution < 1.29 is 14.4 Å². The summed E-state index contributed by atoms with van der Waals surface area (Å²) in [4.78, 5) is 44.9. The molecule has 1 aromatic carbocycles. The Labute approximate surface area is 204 Å². The summed E-state index contributed by atoms with van der Waals surface area (Å²) in [6.07, 6.45) is 4.26. The largest absolute Gasteiger partial charge is 0.354 e. The number of likely N-dealkylation sites (tertiary alicyclic amines) is 1. The van der Waals surface area contributed by atoms with Crippen LogP contribution in [0.4, 0.5) is 0 Å². The highest BCUT2D eigenvalue weighted by atomic mass is 16.2. The Hall–Kier alpha value is -3.55. The van der Waals surface area contributed by atoms with Crippen molar-refractivity contribution in [1.29, 1.82) is 0 Å². The topological polar surface area (TPSA) is 97.2 Å². The summed E-state index contributed by atoms with van der Waals surface area (Å²) in [6.45, 7) is 8.15. The molecule has 8 nitrogen and oxygen atoms in total. The molecule has 1 N–H and O–H groups in total. The number of aryl methyl sites for hydroxylation is 1. The number of nitrogens with zero attached hydrogens (tertiary/aromatic N) is 4. The van der Waals surface area contributed by atoms with Crippen LogP contribution in [0.25, 0.3) is 22.0 Å². The summed E-state index contributed by atoms with van der Waals surface area (Å²) in [5.74, 6) is -0.382. The molecular formula is C27H31N5O3. The van der Waals surface area contributed by atoms with Crippen LogP contribution in [0.1, 0.15) is 56.2 Å². The number of hydrogen-bond donors (Lipinski definition) is 1. The van der Waals surface area contributed by atoms with Crippen molar-refractivity contribution in [1.82, 2.24) is 25.0 Å². The van der Waals surface area contributed by atoms with Gasteiger partial charge in [-0.1, -0.05) is 26.0 Å². The predicted octanol–water partition coefficient (Wildman–Crippen LogP) is 3.52. The van der Waals surface area contributed by atoms with Crippen molar-refractivity contribution in [2.24, 2.45) is 5.41 Å². The Morgan fingerprint density at radius 2 is 1.91 bits per heavy atom. The van der Waals surface area contributed by atoms with Gasteiger partial charge in [-0.05, 0) is 55.4 Å². The van der Waals surface area contributed by atoms with Crippen molar-refractivity contribution in [3.63, 3.8) is 0 Å². The standard InChI is InChI=1S/C27H31N5O3/c1-5-10-28-26(35)22-12-27(4)13-23(27)32(22)24(34)15-31-21-9-8-18(19-7-6-16(2)29-14-19)11-20(21)25(30-31)17(3)33/h6-9,11,14,22-23H,5,10,12-13,15H2,1-4H3,(H,28,35)/t22-,23+,27-/m0/s1. The molecule has 1 saturated carbocycles. The molecule has 2 fully saturated rings. The van der Waals surface area contributed by atoms with Gasteiger partial charge in [0.25, 0.3) is 0 Å². The maximum absolute atomic E-state index is 13.5. The SMILES string of the molecule is CCCNC(=O)[C@@H]1C[C@@]2(C)C[C@H]2N1C(=O)Cn1nc(C(C)=O)c2cc(-c3ccc(C)nc3)ccc21. The van der Waals surface area contributed by atoms with Gasteiger partial charge in [-0.2, -0.15) is 5.10 Å². The number of rotatable bonds is 7. The van der Waals surface area contributed by atoms with Crippen LogP contribution in [-0.4, -0.2) is 55.9 Å². The first-order valence-electron chi connectivity index (χ1n) is 12.3. The molecule has 2 amide bonds. The molecule has 3 aromatic rings. The lowest BCUT2D eigenvalue weighted by Crippen LogP contribution is -2.49. The van der Waals surface area contributed by atoms with E-state index in [2.05, 4.69) is 22.3 Å². The van der Waals surface area contributed by atoms with E-state index in [1.54, 1.807) is 9.58 Å². The maximum Gasteiger partial charge on any atom is 0.245 e. The number of carbonyl (C=O) groups is 3. The highest BCUT2D eigenvalue weighted by molar-refractivity contribution is 6.06. The van der Waals surface area contributed by atoms with Crippen LogP contribution in [0.2, 0.25) is 0 Å². The number of benzene rings is 1. The first-order chi connectivity index (χ1) is 16.7. The lowest BCUT2D eigenvalue weighted by molar-refractivity contribution is -0.140. The van der Waals surface area contributed by atoms with Gasteiger partial charge < -0.3 is 10.2 Å². The zero-order valence-corrected chi connectivity index (χ0v) is 20.7. The third-order valence-corrected chi connectivity index (χ3v) is 7.39. The number of piperidine rings is 1. The van der Waals surface area contributed by atoms with E-state index in [0.717, 1.165) is 35.2 Å². The molecule has 0 radical (unpaired) electrons. The molecule has 0 bridgehead atoms. The molecule has 3 atom stereocenters. The Balaban J connectivity index is 1.45. The van der Waals surface area contributed by atoms with Gasteiger partial charge in [-0.25, -0.2) is 0 Å². The molecule has 2 aromatic heterocycles. The summed E-state index contributed by atoms with van der Waals surface area (Å²) < 4.78 is 1.60. The van der Waals surface area contributed by atoms with E-state index in [1.807, 2.05) is 50.4 Å². The Kier molecular flexibility index (Phi) is 5.69. The predicted molar refractivity (Wildman–Crippen MR) is 133 cm³/mol. The van der Waals surface area contributed by atoms with E-state index < -0.39 is 6.04 Å². The number of nitrogens with one attached hydrogen (secondary N) is 1. The molecule has 1 aliphatic heterocycles. The quantitative estimate of drug-likeness (QED) is 0.530. The monoisotopic (exact) mass is 473 g/mol. The summed E-state index contributed by atoms with van der Waals surface area (Å²) in [6, 6.07) is 9.36. The lowest BCUT2D eigenvalue weighted by Gasteiger charge is -2.27. The van der Waals surface area contributed by atoms with Crippen molar-refractivity contribution in [2.75, 3.05) is 6.54 Å². The fourth-order valence-corrected chi connectivity index (χ4v) is 5.31. The molecule has 182 valence electrons. The maximum atomic E-state index is 13.5. The van der Waals surface area contributed by atoms with Crippen LogP contribution in [-0.2, 0) is 16.1 Å². The van der Waals surface area contributed by atoms with Crippen LogP contribution >= 0.6 is 0 Å². The van der Waals surface area contributed by atoms with Crippen LogP contribution in [0.15, 0.2) is 36.5 Å². The van der Waals surface area contributed by atoms with Gasteiger partial charge >= 0.3 is 0 Å². The van der Waals surface area contributed by atoms with Gasteiger partial charge in [-0.15, -0.1) is 0 Å². The molecule has 1 saturated heterocycles. The minimum Gasteiger partial charge on any atom is -0.354 e. The zero-order valence-electron chi connectivity index (χ0n) is 20.7. The van der Waals surface area contributed by atoms with Gasteiger partial charge in [0.05, 0.1) is 5.52 Å². The fourth-order valence-electron chi connectivity index (χ4n) is 5.31. The number of carbonyl (C=O) groups excluding carboxylic acids is 3. The first kappa shape index (κ1) is 23.2. The van der Waals surface area contributed by atoms with Gasteiger partial charge in [0, 0.05) is 42.4 Å². The molecule has 1 aliphatic carbocycles. The second-order valence-electron chi connectivity index (χ2n) is 10.2. The zero-order chi connectivity index (χ0) is 24.9. The molecular weight excluding hydrogens is 442 g/mol. The summed E-state index contributed by atoms with van der Waals surface area (Å²) >= 11 is 0. The third-order valence-electron chi connectivity index (χ3n) is 7.39. The Morgan fingerprint density at radius 3 is 2.60 bits per heavy atom. The number of ketones is 1. The Bertz CT molecular complexity index is 1330. The van der Waals surface area contributed by atoms with Crippen molar-refractivity contribution in [3.8, 4) is 11.1 Å². The van der Waals surface area contributed by atoms with E-state index in [0.29, 0.717) is 24.0 Å². The number of pyridine rings is 1. The highest BCUT2D eigenvalue weighted by Crippen LogP contribution is 2.59. The molecule has 0 spiro atoms. The van der Waals surface area contributed by atoms with E-state index in [1.165, 1.54) is 6.92 Å². The van der Waals surface area contributed by atoms with Crippen LogP contribution in [0.5, 0.6) is 0 Å². The van der Waals surface area contributed by atoms with Gasteiger partial charge in [-0.3, -0.25) is 24.0 Å². The average Bonchev–Trinajstić information content (AvgIpc) is 3.20. The van der Waals surface area contributed by atoms with Crippen molar-refractivity contribution in [3.05, 3.63) is 47.9 Å². The highest BCUT2D eigenvalue weighted by Gasteiger charge is 2.64. The molecule has 0 unspecified atom stereocenters. The van der Waals surface area contributed by atoms with E-state index in [9.17, 15) is 14.4 Å². The summed E-state index contributed by atoms with van der Waals surface area (Å²) in [7, 11) is 0. The van der Waals surface area contributed by atoms with Crippen LogP contribution in [0.3, 0.4) is 0 Å². The molecule has 2 aliphatic rings. The van der Waals surface area contributed by atoms with Crippen molar-refractivity contribution >= 4 is 28.5 Å². The minimum atomic E-state index is -0.451. The second kappa shape index (κ2) is 8.59. The molecule has 8 heteroatoms. The van der Waals surface area contributed by atoms with Crippen molar-refractivity contribution in [2.45, 2.75) is 65.6 Å². The lowest BCUT2D eigenvalue weighted by atomic mass is 10.0. The average molecular weight is 474 g/mol. The third kappa shape index (κ3) is 4.11. The fraction of sp³-hybridized carbons (Fsp3) is 0.444. The normalized spacial score (nSPS) is 22.8. The number of amides is 2. The van der Waals surface area contributed by atoms with E-state index in [4.69, 9.17) is 0 Å². The van der Waals surface area contributed by atoms with Gasteiger partial charge in [0.2, 0.25) is 11.8 Å². The Morgan fingerprint density at radius 1 is 1.14 bits per heavy atom. The molecule has 35 heavy (non-hydrogen) atoms. The number of hydrogen-bond acceptors (Lipinski definition) is 5. The molecule has 3 heterocycles. The van der Waals surface area contributed by atoms with E-state index in [-0.39, 0.29) is 35.6 Å².